The number of hydrogen-bond donors (Lipinski definition) is 1. The van der Waals surface area contributed by atoms with Crippen molar-refractivity contribution < 1.29 is 13.6 Å². The van der Waals surface area contributed by atoms with Crippen LogP contribution in [0.2, 0.25) is 0 Å². The third-order valence-corrected chi connectivity index (χ3v) is 5.95. The minimum Gasteiger partial charge on any atom is -0.341 e. The van der Waals surface area contributed by atoms with Gasteiger partial charge in [0.25, 0.3) is 0 Å². The largest absolute Gasteiger partial charge is 0.341 e. The summed E-state index contributed by atoms with van der Waals surface area (Å²) >= 11 is 0. The number of carbonyl (C=O) groups excluding carboxylic acids is 1. The first-order valence-electron chi connectivity index (χ1n) is 10.7. The lowest BCUT2D eigenvalue weighted by Gasteiger charge is -2.30. The topological polar surface area (TPSA) is 58.1 Å². The molecule has 1 saturated heterocycles. The normalized spacial score (nSPS) is 16.3. The van der Waals surface area contributed by atoms with E-state index in [9.17, 15) is 13.6 Å². The molecule has 3 aromatic rings. The van der Waals surface area contributed by atoms with Crippen molar-refractivity contribution in [3.8, 4) is 0 Å². The fraction of sp³-hybridized carbons (Fsp3) is 0.320. The summed E-state index contributed by atoms with van der Waals surface area (Å²) in [5.74, 6) is -0.232. The molecule has 0 saturated carbocycles. The lowest BCUT2D eigenvalue weighted by Crippen LogP contribution is -2.42. The molecule has 1 unspecified atom stereocenters. The van der Waals surface area contributed by atoms with E-state index in [1.807, 2.05) is 19.1 Å². The highest BCUT2D eigenvalue weighted by atomic mass is 19.1. The van der Waals surface area contributed by atoms with Crippen LogP contribution < -0.4 is 5.32 Å². The predicted molar refractivity (Wildman–Crippen MR) is 120 cm³/mol. The van der Waals surface area contributed by atoms with Crippen LogP contribution in [0.5, 0.6) is 0 Å². The van der Waals surface area contributed by atoms with E-state index in [1.54, 1.807) is 43.0 Å². The van der Waals surface area contributed by atoms with E-state index >= 15 is 0 Å². The van der Waals surface area contributed by atoms with Crippen molar-refractivity contribution in [2.24, 2.45) is 0 Å². The van der Waals surface area contributed by atoms with E-state index in [1.165, 1.54) is 12.1 Å². The lowest BCUT2D eigenvalue weighted by atomic mass is 9.83. The molecule has 32 heavy (non-hydrogen) atoms. The van der Waals surface area contributed by atoms with E-state index in [4.69, 9.17) is 0 Å². The van der Waals surface area contributed by atoms with Gasteiger partial charge in [-0.2, -0.15) is 0 Å². The van der Waals surface area contributed by atoms with Crippen LogP contribution in [-0.4, -0.2) is 33.9 Å². The molecule has 1 N–H and O–H groups in total. The van der Waals surface area contributed by atoms with Gasteiger partial charge in [0.05, 0.1) is 11.6 Å². The zero-order valence-corrected chi connectivity index (χ0v) is 18.4. The zero-order chi connectivity index (χ0) is 22.9. The maximum Gasteiger partial charge on any atom is 0.232 e. The first-order valence-corrected chi connectivity index (χ1v) is 10.7. The average Bonchev–Trinajstić information content (AvgIpc) is 3.25. The molecule has 1 aliphatic heterocycles. The summed E-state index contributed by atoms with van der Waals surface area (Å²) < 4.78 is 27.5. The Bertz CT molecular complexity index is 1130. The van der Waals surface area contributed by atoms with E-state index < -0.39 is 11.2 Å². The number of aromatic nitrogens is 2. The van der Waals surface area contributed by atoms with Gasteiger partial charge in [-0.1, -0.05) is 18.2 Å². The molecule has 3 heterocycles. The maximum absolute atomic E-state index is 14.4. The van der Waals surface area contributed by atoms with Gasteiger partial charge in [-0.15, -0.1) is 0 Å². The predicted octanol–water partition coefficient (Wildman–Crippen LogP) is 5.10. The molecule has 166 valence electrons. The van der Waals surface area contributed by atoms with Crippen molar-refractivity contribution in [1.82, 2.24) is 14.9 Å². The summed E-state index contributed by atoms with van der Waals surface area (Å²) in [6, 6.07) is 13.2. The average molecular weight is 437 g/mol. The first-order chi connectivity index (χ1) is 15.2. The fourth-order valence-electron chi connectivity index (χ4n) is 4.24. The van der Waals surface area contributed by atoms with E-state index in [2.05, 4.69) is 15.3 Å². The van der Waals surface area contributed by atoms with Crippen LogP contribution in [0.4, 0.5) is 20.3 Å². The third-order valence-electron chi connectivity index (χ3n) is 5.95. The lowest BCUT2D eigenvalue weighted by molar-refractivity contribution is -0.135. The Morgan fingerprint density at radius 3 is 2.66 bits per heavy atom. The second-order valence-electron chi connectivity index (χ2n) is 8.75. The third kappa shape index (κ3) is 4.47. The second kappa shape index (κ2) is 8.65. The molecule has 2 aromatic heterocycles. The molecular weight excluding hydrogens is 410 g/mol. The van der Waals surface area contributed by atoms with Crippen LogP contribution in [0.1, 0.15) is 43.1 Å². The van der Waals surface area contributed by atoms with Gasteiger partial charge in [0.15, 0.2) is 0 Å². The molecule has 1 amide bonds. The van der Waals surface area contributed by atoms with Crippen molar-refractivity contribution in [2.45, 2.75) is 38.5 Å². The monoisotopic (exact) mass is 436 g/mol. The van der Waals surface area contributed by atoms with Crippen molar-refractivity contribution in [3.63, 3.8) is 0 Å². The van der Waals surface area contributed by atoms with E-state index in [0.29, 0.717) is 24.5 Å². The van der Waals surface area contributed by atoms with E-state index in [0.717, 1.165) is 29.7 Å². The summed E-state index contributed by atoms with van der Waals surface area (Å²) in [5, 5.41) is 3.18. The molecular formula is C25H26F2N4O. The highest BCUT2D eigenvalue weighted by Crippen LogP contribution is 2.34. The zero-order valence-electron chi connectivity index (χ0n) is 18.4. The quantitative estimate of drug-likeness (QED) is 0.605. The number of nitrogens with zero attached hydrogens (tertiary/aromatic N) is 3. The molecule has 0 aliphatic carbocycles. The maximum atomic E-state index is 14.4. The fourth-order valence-corrected chi connectivity index (χ4v) is 4.24. The Morgan fingerprint density at radius 1 is 1.16 bits per heavy atom. The summed E-state index contributed by atoms with van der Waals surface area (Å²) in [6.07, 6.45) is 1.94. The second-order valence-corrected chi connectivity index (χ2v) is 8.75. The molecule has 1 fully saturated rings. The number of nitrogens with one attached hydrogen (secondary N) is 1. The van der Waals surface area contributed by atoms with Crippen LogP contribution in [0.3, 0.4) is 0 Å². The van der Waals surface area contributed by atoms with Gasteiger partial charge in [0.1, 0.15) is 17.5 Å². The SMILES string of the molecule is Cc1cc(Nc2ccc(F)cn2)cc(C2CCN(C(=O)C(C)(C)c3ccccc3F)C2)n1. The molecule has 1 aliphatic rings. The van der Waals surface area contributed by atoms with Crippen molar-refractivity contribution in [1.29, 1.82) is 0 Å². The molecule has 0 radical (unpaired) electrons. The van der Waals surface area contributed by atoms with Gasteiger partial charge in [0, 0.05) is 41.6 Å². The van der Waals surface area contributed by atoms with Gasteiger partial charge >= 0.3 is 0 Å². The number of aryl methyl sites for hydroxylation is 1. The van der Waals surface area contributed by atoms with Crippen LogP contribution in [-0.2, 0) is 10.2 Å². The Balaban J connectivity index is 1.50. The van der Waals surface area contributed by atoms with Gasteiger partial charge in [0.2, 0.25) is 5.91 Å². The molecule has 1 atom stereocenters. The smallest absolute Gasteiger partial charge is 0.232 e. The molecule has 0 spiro atoms. The number of rotatable bonds is 5. The van der Waals surface area contributed by atoms with E-state index in [-0.39, 0.29) is 17.6 Å². The van der Waals surface area contributed by atoms with Gasteiger partial charge in [-0.3, -0.25) is 9.78 Å². The van der Waals surface area contributed by atoms with Crippen LogP contribution in [0.25, 0.3) is 0 Å². The molecule has 7 heteroatoms. The molecule has 5 nitrogen and oxygen atoms in total. The Kier molecular flexibility index (Phi) is 5.91. The number of amides is 1. The number of carbonyl (C=O) groups is 1. The standard InChI is InChI=1S/C25H26F2N4O/c1-16-12-19(30-23-9-8-18(26)14-28-23)13-22(29-16)17-10-11-31(15-17)24(32)25(2,3)20-6-4-5-7-21(20)27/h4-9,12-14,17H,10-11,15H2,1-3H3,(H,28,29,30). The summed E-state index contributed by atoms with van der Waals surface area (Å²) in [6.45, 7) is 6.57. The highest BCUT2D eigenvalue weighted by molar-refractivity contribution is 5.87. The number of hydrogen-bond acceptors (Lipinski definition) is 4. The van der Waals surface area contributed by atoms with Crippen LogP contribution in [0.15, 0.2) is 54.7 Å². The van der Waals surface area contributed by atoms with Gasteiger partial charge in [-0.25, -0.2) is 13.8 Å². The number of pyridine rings is 2. The first kappa shape index (κ1) is 21.9. The minimum atomic E-state index is -0.957. The van der Waals surface area contributed by atoms with Crippen molar-refractivity contribution >= 4 is 17.4 Å². The van der Waals surface area contributed by atoms with Crippen molar-refractivity contribution in [3.05, 3.63) is 83.3 Å². The summed E-state index contributed by atoms with van der Waals surface area (Å²) in [5.41, 5.74) is 1.97. The Morgan fingerprint density at radius 2 is 1.94 bits per heavy atom. The molecule has 1 aromatic carbocycles. The van der Waals surface area contributed by atoms with Gasteiger partial charge in [-0.05, 0) is 57.5 Å². The minimum absolute atomic E-state index is 0.0806. The molecule has 4 rings (SSSR count). The molecule has 0 bridgehead atoms. The number of halogens is 2. The number of likely N-dealkylation sites (tertiary alicyclic amines) is 1. The Labute approximate surface area is 186 Å². The summed E-state index contributed by atoms with van der Waals surface area (Å²) in [7, 11) is 0. The van der Waals surface area contributed by atoms with Gasteiger partial charge < -0.3 is 10.2 Å². The van der Waals surface area contributed by atoms with Crippen LogP contribution >= 0.6 is 0 Å². The number of benzene rings is 1. The van der Waals surface area contributed by atoms with Crippen molar-refractivity contribution in [2.75, 3.05) is 18.4 Å². The highest BCUT2D eigenvalue weighted by Gasteiger charge is 2.39. The van der Waals surface area contributed by atoms with Crippen LogP contribution in [0, 0.1) is 18.6 Å². The Hall–Kier alpha value is -3.35. The number of anilines is 2. The summed E-state index contributed by atoms with van der Waals surface area (Å²) in [4.78, 5) is 23.8.